The van der Waals surface area contributed by atoms with Gasteiger partial charge in [0.15, 0.2) is 9.84 Å². The first-order valence-electron chi connectivity index (χ1n) is 7.92. The number of nitrogens with zero attached hydrogens (tertiary/aromatic N) is 1. The molecule has 0 spiro atoms. The number of carbonyl (C=O) groups excluding carboxylic acids is 1. The minimum atomic E-state index is -3.21. The molecule has 0 saturated carbocycles. The van der Waals surface area contributed by atoms with Crippen LogP contribution in [-0.4, -0.2) is 25.1 Å². The summed E-state index contributed by atoms with van der Waals surface area (Å²) in [5.41, 5.74) is 3.55. The van der Waals surface area contributed by atoms with Crippen LogP contribution in [0.3, 0.4) is 0 Å². The molecule has 0 saturated heterocycles. The van der Waals surface area contributed by atoms with Gasteiger partial charge in [-0.05, 0) is 51.5 Å². The van der Waals surface area contributed by atoms with E-state index in [1.165, 1.54) is 6.26 Å². The molecule has 1 heterocycles. The zero-order chi connectivity index (χ0) is 18.1. The van der Waals surface area contributed by atoms with E-state index < -0.39 is 9.84 Å². The number of nitrogens with one attached hydrogen (secondary N) is 1. The Morgan fingerprint density at radius 1 is 1.21 bits per heavy atom. The van der Waals surface area contributed by atoms with Gasteiger partial charge in [0.25, 0.3) is 5.91 Å². The molecule has 1 aromatic heterocycles. The normalized spacial score (nSPS) is 12.9. The van der Waals surface area contributed by atoms with Gasteiger partial charge in [-0.15, -0.1) is 0 Å². The molecule has 0 radical (unpaired) electrons. The summed E-state index contributed by atoms with van der Waals surface area (Å²) < 4.78 is 25.1. The van der Waals surface area contributed by atoms with Gasteiger partial charge in [0, 0.05) is 24.2 Å². The van der Waals surface area contributed by atoms with Crippen molar-refractivity contribution in [1.29, 1.82) is 0 Å². The molecule has 5 nitrogen and oxygen atoms in total. The van der Waals surface area contributed by atoms with Crippen LogP contribution in [-0.2, 0) is 16.4 Å². The lowest BCUT2D eigenvalue weighted by Gasteiger charge is -2.15. The lowest BCUT2D eigenvalue weighted by Crippen LogP contribution is -2.27. The highest BCUT2D eigenvalue weighted by Crippen LogP contribution is 2.19. The average molecular weight is 348 g/mol. The maximum Gasteiger partial charge on any atom is 0.253 e. The molecule has 130 valence electrons. The molecule has 6 heteroatoms. The minimum Gasteiger partial charge on any atom is -0.349 e. The number of hydrogen-bond acceptors (Lipinski definition) is 3. The fourth-order valence-corrected chi connectivity index (χ4v) is 3.51. The summed E-state index contributed by atoms with van der Waals surface area (Å²) in [6, 6.07) is 8.28. The lowest BCUT2D eigenvalue weighted by molar-refractivity contribution is 0.0939. The Labute approximate surface area is 143 Å². The molecule has 0 aliphatic carbocycles. The van der Waals surface area contributed by atoms with Crippen molar-refractivity contribution in [3.8, 4) is 0 Å². The second-order valence-corrected chi connectivity index (χ2v) is 8.08. The molecule has 2 rings (SSSR count). The van der Waals surface area contributed by atoms with E-state index >= 15 is 0 Å². The number of aryl methyl sites for hydroxylation is 1. The van der Waals surface area contributed by atoms with Crippen molar-refractivity contribution >= 4 is 15.7 Å². The molecule has 0 bridgehead atoms. The van der Waals surface area contributed by atoms with E-state index in [-0.39, 0.29) is 16.8 Å². The number of sulfone groups is 1. The molecular formula is C18H24N2O3S. The second kappa shape index (κ2) is 6.81. The molecule has 1 atom stereocenters. The van der Waals surface area contributed by atoms with Gasteiger partial charge < -0.3 is 9.88 Å². The molecule has 0 fully saturated rings. The zero-order valence-corrected chi connectivity index (χ0v) is 15.6. The molecule has 1 aromatic carbocycles. The predicted molar refractivity (Wildman–Crippen MR) is 95.0 cm³/mol. The smallest absolute Gasteiger partial charge is 0.253 e. The zero-order valence-electron chi connectivity index (χ0n) is 14.8. The Morgan fingerprint density at radius 3 is 2.25 bits per heavy atom. The monoisotopic (exact) mass is 348 g/mol. The van der Waals surface area contributed by atoms with Crippen molar-refractivity contribution in [2.75, 3.05) is 6.26 Å². The highest BCUT2D eigenvalue weighted by Gasteiger charge is 2.17. The average Bonchev–Trinajstić information content (AvgIpc) is 2.80. The van der Waals surface area contributed by atoms with E-state index in [1.807, 2.05) is 33.8 Å². The third kappa shape index (κ3) is 3.70. The maximum absolute atomic E-state index is 12.5. The number of aromatic nitrogens is 1. The van der Waals surface area contributed by atoms with Crippen molar-refractivity contribution < 1.29 is 13.2 Å². The van der Waals surface area contributed by atoms with Crippen LogP contribution in [0.15, 0.2) is 35.2 Å². The van der Waals surface area contributed by atoms with Crippen molar-refractivity contribution in [3.63, 3.8) is 0 Å². The van der Waals surface area contributed by atoms with E-state index in [2.05, 4.69) is 9.88 Å². The SMILES string of the molecule is CCn1c(C)cc(C(=O)N[C@@H](C)c2ccc(S(C)(=O)=O)cc2)c1C. The van der Waals surface area contributed by atoms with Crippen LogP contribution in [0.2, 0.25) is 0 Å². The first-order valence-corrected chi connectivity index (χ1v) is 9.82. The molecule has 0 aliphatic rings. The highest BCUT2D eigenvalue weighted by atomic mass is 32.2. The summed E-state index contributed by atoms with van der Waals surface area (Å²) in [5, 5.41) is 2.97. The summed E-state index contributed by atoms with van der Waals surface area (Å²) in [4.78, 5) is 12.8. The second-order valence-electron chi connectivity index (χ2n) is 6.07. The summed E-state index contributed by atoms with van der Waals surface area (Å²) in [6.07, 6.45) is 1.18. The highest BCUT2D eigenvalue weighted by molar-refractivity contribution is 7.90. The van der Waals surface area contributed by atoms with Gasteiger partial charge in [-0.3, -0.25) is 4.79 Å². The minimum absolute atomic E-state index is 0.123. The summed E-state index contributed by atoms with van der Waals surface area (Å²) in [5.74, 6) is -0.123. The lowest BCUT2D eigenvalue weighted by atomic mass is 10.1. The van der Waals surface area contributed by atoms with Gasteiger partial charge in [0.1, 0.15) is 0 Å². The first kappa shape index (κ1) is 18.3. The number of rotatable bonds is 5. The van der Waals surface area contributed by atoms with Gasteiger partial charge in [0.05, 0.1) is 16.5 Å². The maximum atomic E-state index is 12.5. The fraction of sp³-hybridized carbons (Fsp3) is 0.389. The number of carbonyl (C=O) groups is 1. The Kier molecular flexibility index (Phi) is 5.18. The van der Waals surface area contributed by atoms with Crippen LogP contribution in [0.25, 0.3) is 0 Å². The number of hydrogen-bond donors (Lipinski definition) is 1. The van der Waals surface area contributed by atoms with Crippen molar-refractivity contribution in [2.24, 2.45) is 0 Å². The van der Waals surface area contributed by atoms with Crippen LogP contribution in [0.1, 0.15) is 47.2 Å². The van der Waals surface area contributed by atoms with E-state index in [9.17, 15) is 13.2 Å². The topological polar surface area (TPSA) is 68.2 Å². The van der Waals surface area contributed by atoms with Crippen molar-refractivity contribution in [1.82, 2.24) is 9.88 Å². The standard InChI is InChI=1S/C18H24N2O3S/c1-6-20-12(2)11-17(14(20)4)18(21)19-13(3)15-7-9-16(10-8-15)24(5,22)23/h7-11,13H,6H2,1-5H3,(H,19,21)/t13-/m0/s1. The van der Waals surface area contributed by atoms with Gasteiger partial charge >= 0.3 is 0 Å². The fourth-order valence-electron chi connectivity index (χ4n) is 2.88. The van der Waals surface area contributed by atoms with Crippen LogP contribution in [0, 0.1) is 13.8 Å². The predicted octanol–water partition coefficient (Wildman–Crippen LogP) is 3.02. The number of benzene rings is 1. The third-order valence-electron chi connectivity index (χ3n) is 4.29. The van der Waals surface area contributed by atoms with E-state index in [0.29, 0.717) is 5.56 Å². The van der Waals surface area contributed by atoms with E-state index in [4.69, 9.17) is 0 Å². The molecule has 0 aliphatic heterocycles. The van der Waals surface area contributed by atoms with Crippen molar-refractivity contribution in [2.45, 2.75) is 45.2 Å². The summed E-state index contributed by atoms with van der Waals surface area (Å²) >= 11 is 0. The molecule has 1 amide bonds. The molecule has 1 N–H and O–H groups in total. The number of amides is 1. The Morgan fingerprint density at radius 2 is 1.79 bits per heavy atom. The molecule has 0 unspecified atom stereocenters. The molecular weight excluding hydrogens is 324 g/mol. The molecule has 24 heavy (non-hydrogen) atoms. The van der Waals surface area contributed by atoms with E-state index in [0.717, 1.165) is 23.5 Å². The van der Waals surface area contributed by atoms with Gasteiger partial charge in [-0.2, -0.15) is 0 Å². The summed E-state index contributed by atoms with van der Waals surface area (Å²) in [7, 11) is -3.21. The van der Waals surface area contributed by atoms with Crippen LogP contribution in [0.5, 0.6) is 0 Å². The largest absolute Gasteiger partial charge is 0.349 e. The van der Waals surface area contributed by atoms with Gasteiger partial charge in [0.2, 0.25) is 0 Å². The van der Waals surface area contributed by atoms with E-state index in [1.54, 1.807) is 24.3 Å². The quantitative estimate of drug-likeness (QED) is 0.903. The first-order chi connectivity index (χ1) is 11.1. The Balaban J connectivity index is 2.17. The van der Waals surface area contributed by atoms with Crippen LogP contribution in [0.4, 0.5) is 0 Å². The van der Waals surface area contributed by atoms with Crippen molar-refractivity contribution in [3.05, 3.63) is 52.8 Å². The van der Waals surface area contributed by atoms with Gasteiger partial charge in [-0.25, -0.2) is 8.42 Å². The Hall–Kier alpha value is -2.08. The Bertz CT molecular complexity index is 849. The molecule has 2 aromatic rings. The van der Waals surface area contributed by atoms with Crippen LogP contribution < -0.4 is 5.32 Å². The van der Waals surface area contributed by atoms with Crippen LogP contribution >= 0.6 is 0 Å². The summed E-state index contributed by atoms with van der Waals surface area (Å²) in [6.45, 7) is 8.69. The van der Waals surface area contributed by atoms with Gasteiger partial charge in [-0.1, -0.05) is 12.1 Å². The third-order valence-corrected chi connectivity index (χ3v) is 5.42.